The quantitative estimate of drug-likeness (QED) is 0.917. The average Bonchev–Trinajstić information content (AvgIpc) is 2.68. The highest BCUT2D eigenvalue weighted by molar-refractivity contribution is 5.17. The largest absolute Gasteiger partial charge is 0.343 e. The maximum Gasteiger partial charge on any atom is 0.343 e. The minimum Gasteiger partial charge on any atom is -0.279 e. The molecular formula is C14H16FN3O. The Bertz CT molecular complexity index is 628. The molecule has 2 aromatic rings. The zero-order valence-electron chi connectivity index (χ0n) is 10.6. The summed E-state index contributed by atoms with van der Waals surface area (Å²) in [4.78, 5) is 11.7. The molecule has 1 fully saturated rings. The van der Waals surface area contributed by atoms with Crippen molar-refractivity contribution in [2.24, 2.45) is 0 Å². The Labute approximate surface area is 110 Å². The molecule has 0 unspecified atom stereocenters. The SMILES string of the molecule is O=c1[nH]nc(C2CCC2)n1CCc1ccccc1F. The van der Waals surface area contributed by atoms with Gasteiger partial charge in [0, 0.05) is 12.5 Å². The lowest BCUT2D eigenvalue weighted by Gasteiger charge is -2.24. The molecule has 1 aliphatic rings. The van der Waals surface area contributed by atoms with Crippen molar-refractivity contribution in [2.45, 2.75) is 38.1 Å². The molecule has 1 aliphatic carbocycles. The van der Waals surface area contributed by atoms with Gasteiger partial charge in [-0.1, -0.05) is 24.6 Å². The molecule has 0 radical (unpaired) electrons. The summed E-state index contributed by atoms with van der Waals surface area (Å²) in [6.07, 6.45) is 3.87. The van der Waals surface area contributed by atoms with E-state index in [9.17, 15) is 9.18 Å². The molecule has 0 aliphatic heterocycles. The predicted octanol–water partition coefficient (Wildman–Crippen LogP) is 2.22. The Kier molecular flexibility index (Phi) is 3.19. The summed E-state index contributed by atoms with van der Waals surface area (Å²) in [6.45, 7) is 0.474. The summed E-state index contributed by atoms with van der Waals surface area (Å²) in [5.74, 6) is 0.997. The van der Waals surface area contributed by atoms with E-state index < -0.39 is 0 Å². The first kappa shape index (κ1) is 12.1. The minimum absolute atomic E-state index is 0.196. The van der Waals surface area contributed by atoms with Gasteiger partial charge in [0.25, 0.3) is 0 Å². The number of halogens is 1. The van der Waals surface area contributed by atoms with Gasteiger partial charge in [-0.05, 0) is 30.9 Å². The number of aryl methyl sites for hydroxylation is 1. The van der Waals surface area contributed by atoms with E-state index in [4.69, 9.17) is 0 Å². The number of nitrogens with one attached hydrogen (secondary N) is 1. The van der Waals surface area contributed by atoms with Crippen LogP contribution in [-0.4, -0.2) is 14.8 Å². The van der Waals surface area contributed by atoms with Crippen LogP contribution in [0.1, 0.15) is 36.6 Å². The van der Waals surface area contributed by atoms with Crippen LogP contribution in [0.5, 0.6) is 0 Å². The summed E-state index contributed by atoms with van der Waals surface area (Å²) >= 11 is 0. The van der Waals surface area contributed by atoms with Crippen LogP contribution in [-0.2, 0) is 13.0 Å². The summed E-state index contributed by atoms with van der Waals surface area (Å²) in [5, 5.41) is 6.61. The highest BCUT2D eigenvalue weighted by Gasteiger charge is 2.25. The van der Waals surface area contributed by atoms with Crippen molar-refractivity contribution in [3.05, 3.63) is 52.0 Å². The van der Waals surface area contributed by atoms with Crippen LogP contribution in [0.2, 0.25) is 0 Å². The third-order valence-corrected chi connectivity index (χ3v) is 3.82. The van der Waals surface area contributed by atoms with Gasteiger partial charge in [-0.15, -0.1) is 0 Å². The third-order valence-electron chi connectivity index (χ3n) is 3.82. The van der Waals surface area contributed by atoms with Gasteiger partial charge in [0.2, 0.25) is 0 Å². The molecule has 0 saturated heterocycles. The molecular weight excluding hydrogens is 245 g/mol. The van der Waals surface area contributed by atoms with E-state index in [1.54, 1.807) is 16.7 Å². The van der Waals surface area contributed by atoms with Crippen LogP contribution < -0.4 is 5.69 Å². The fourth-order valence-electron chi connectivity index (χ4n) is 2.46. The second kappa shape index (κ2) is 4.99. The van der Waals surface area contributed by atoms with Gasteiger partial charge in [0.15, 0.2) is 0 Å². The van der Waals surface area contributed by atoms with E-state index in [0.29, 0.717) is 24.4 Å². The van der Waals surface area contributed by atoms with Crippen molar-refractivity contribution in [3.63, 3.8) is 0 Å². The Hall–Kier alpha value is -1.91. The topological polar surface area (TPSA) is 50.7 Å². The van der Waals surface area contributed by atoms with Gasteiger partial charge in [0.05, 0.1) is 0 Å². The molecule has 5 heteroatoms. The van der Waals surface area contributed by atoms with Gasteiger partial charge >= 0.3 is 5.69 Å². The van der Waals surface area contributed by atoms with Gasteiger partial charge in [-0.25, -0.2) is 14.3 Å². The molecule has 1 aromatic heterocycles. The van der Waals surface area contributed by atoms with Gasteiger partial charge in [-0.3, -0.25) is 4.57 Å². The minimum atomic E-state index is -0.218. The second-order valence-electron chi connectivity index (χ2n) is 5.01. The monoisotopic (exact) mass is 261 g/mol. The number of nitrogens with zero attached hydrogens (tertiary/aromatic N) is 2. The van der Waals surface area contributed by atoms with Crippen LogP contribution in [0.4, 0.5) is 4.39 Å². The van der Waals surface area contributed by atoms with E-state index >= 15 is 0 Å². The van der Waals surface area contributed by atoms with Gasteiger partial charge in [-0.2, -0.15) is 5.10 Å². The zero-order valence-corrected chi connectivity index (χ0v) is 10.6. The molecule has 3 rings (SSSR count). The maximum atomic E-state index is 13.5. The first-order valence-electron chi connectivity index (χ1n) is 6.64. The molecule has 0 spiro atoms. The van der Waals surface area contributed by atoms with Crippen molar-refractivity contribution >= 4 is 0 Å². The molecule has 1 heterocycles. The zero-order chi connectivity index (χ0) is 13.2. The van der Waals surface area contributed by atoms with Crippen LogP contribution in [0.25, 0.3) is 0 Å². The second-order valence-corrected chi connectivity index (χ2v) is 5.01. The maximum absolute atomic E-state index is 13.5. The number of aromatic nitrogens is 3. The van der Waals surface area contributed by atoms with E-state index in [1.165, 1.54) is 12.5 Å². The number of hydrogen-bond acceptors (Lipinski definition) is 2. The highest BCUT2D eigenvalue weighted by atomic mass is 19.1. The summed E-state index contributed by atoms with van der Waals surface area (Å²) in [5.41, 5.74) is 0.438. The van der Waals surface area contributed by atoms with Crippen LogP contribution in [0.15, 0.2) is 29.1 Å². The molecule has 0 atom stereocenters. The van der Waals surface area contributed by atoms with Crippen molar-refractivity contribution in [1.29, 1.82) is 0 Å². The molecule has 100 valence electrons. The number of rotatable bonds is 4. The average molecular weight is 261 g/mol. The Morgan fingerprint density at radius 3 is 2.84 bits per heavy atom. The number of hydrogen-bond donors (Lipinski definition) is 1. The van der Waals surface area contributed by atoms with Crippen LogP contribution in [0, 0.1) is 5.82 Å². The fraction of sp³-hybridized carbons (Fsp3) is 0.429. The molecule has 0 amide bonds. The van der Waals surface area contributed by atoms with Crippen molar-refractivity contribution in [1.82, 2.24) is 14.8 Å². The molecule has 1 aromatic carbocycles. The first-order chi connectivity index (χ1) is 9.25. The summed E-state index contributed by atoms with van der Waals surface area (Å²) < 4.78 is 15.2. The first-order valence-corrected chi connectivity index (χ1v) is 6.64. The molecule has 19 heavy (non-hydrogen) atoms. The molecule has 1 N–H and O–H groups in total. The number of H-pyrrole nitrogens is 1. The van der Waals surface area contributed by atoms with Gasteiger partial charge < -0.3 is 0 Å². The number of benzene rings is 1. The standard InChI is InChI=1S/C14H16FN3O/c15-12-7-2-1-4-10(12)8-9-18-13(11-5-3-6-11)16-17-14(18)19/h1-2,4,7,11H,3,5-6,8-9H2,(H,17,19). The molecule has 4 nitrogen and oxygen atoms in total. The van der Waals surface area contributed by atoms with E-state index in [2.05, 4.69) is 10.2 Å². The highest BCUT2D eigenvalue weighted by Crippen LogP contribution is 2.34. The van der Waals surface area contributed by atoms with Crippen molar-refractivity contribution in [2.75, 3.05) is 0 Å². The van der Waals surface area contributed by atoms with Crippen LogP contribution in [0.3, 0.4) is 0 Å². The third kappa shape index (κ3) is 2.32. The Morgan fingerprint density at radius 1 is 1.37 bits per heavy atom. The lowest BCUT2D eigenvalue weighted by molar-refractivity contribution is 0.384. The Balaban J connectivity index is 1.78. The number of aromatic amines is 1. The molecule has 1 saturated carbocycles. The summed E-state index contributed by atoms with van der Waals surface area (Å²) in [7, 11) is 0. The van der Waals surface area contributed by atoms with Crippen molar-refractivity contribution < 1.29 is 4.39 Å². The lowest BCUT2D eigenvalue weighted by atomic mass is 9.85. The van der Waals surface area contributed by atoms with E-state index in [0.717, 1.165) is 18.7 Å². The van der Waals surface area contributed by atoms with Crippen molar-refractivity contribution in [3.8, 4) is 0 Å². The molecule has 0 bridgehead atoms. The summed E-state index contributed by atoms with van der Waals surface area (Å²) in [6, 6.07) is 6.68. The van der Waals surface area contributed by atoms with E-state index in [-0.39, 0.29) is 11.5 Å². The Morgan fingerprint density at radius 2 is 2.16 bits per heavy atom. The van der Waals surface area contributed by atoms with Crippen LogP contribution >= 0.6 is 0 Å². The smallest absolute Gasteiger partial charge is 0.279 e. The fourth-order valence-corrected chi connectivity index (χ4v) is 2.46. The normalized spacial score (nSPS) is 15.4. The lowest BCUT2D eigenvalue weighted by Crippen LogP contribution is -2.23. The van der Waals surface area contributed by atoms with Gasteiger partial charge in [0.1, 0.15) is 11.6 Å². The van der Waals surface area contributed by atoms with E-state index in [1.807, 2.05) is 6.07 Å². The predicted molar refractivity (Wildman–Crippen MR) is 69.5 cm³/mol.